The summed E-state index contributed by atoms with van der Waals surface area (Å²) in [5, 5.41) is 3.13. The number of rotatable bonds is 6. The van der Waals surface area contributed by atoms with Crippen LogP contribution in [0.2, 0.25) is 5.02 Å². The van der Waals surface area contributed by atoms with Gasteiger partial charge in [-0.3, -0.25) is 0 Å². The van der Waals surface area contributed by atoms with Crippen LogP contribution < -0.4 is 5.32 Å². The summed E-state index contributed by atoms with van der Waals surface area (Å²) in [6, 6.07) is 20.8. The highest BCUT2D eigenvalue weighted by Crippen LogP contribution is 2.28. The van der Waals surface area contributed by atoms with Gasteiger partial charge < -0.3 is 10.3 Å². The molecule has 0 atom stereocenters. The first-order valence-corrected chi connectivity index (χ1v) is 7.98. The third-order valence-electron chi connectivity index (χ3n) is 3.78. The lowest BCUT2D eigenvalue weighted by molar-refractivity contribution is -0.670. The molecule has 0 aliphatic rings. The van der Waals surface area contributed by atoms with E-state index in [0.29, 0.717) is 0 Å². The van der Waals surface area contributed by atoms with Crippen LogP contribution in [0, 0.1) is 0 Å². The standard InChI is InChI=1S/C19H19ClN2/c20-19-13-15(14-21-12-10-17-7-4-11-22-17)8-9-18(19)16-5-2-1-3-6-16/h1-9,11,13,21-22H,10,12,14H2/p+1. The second-order valence-corrected chi connectivity index (χ2v) is 5.81. The van der Waals surface area contributed by atoms with Crippen LogP contribution in [0.4, 0.5) is 0 Å². The van der Waals surface area contributed by atoms with Crippen molar-refractivity contribution in [2.45, 2.75) is 13.0 Å². The van der Waals surface area contributed by atoms with Gasteiger partial charge >= 0.3 is 0 Å². The van der Waals surface area contributed by atoms with Crippen LogP contribution in [-0.4, -0.2) is 11.5 Å². The van der Waals surface area contributed by atoms with Gasteiger partial charge in [0.05, 0.1) is 6.54 Å². The van der Waals surface area contributed by atoms with Crippen LogP contribution in [0.25, 0.3) is 11.1 Å². The van der Waals surface area contributed by atoms with Crippen LogP contribution in [0.5, 0.6) is 0 Å². The first kappa shape index (κ1) is 14.9. The monoisotopic (exact) mass is 311 g/mol. The van der Waals surface area contributed by atoms with E-state index in [-0.39, 0.29) is 0 Å². The van der Waals surface area contributed by atoms with Crippen LogP contribution >= 0.6 is 11.6 Å². The summed E-state index contributed by atoms with van der Waals surface area (Å²) in [5.41, 5.74) is 4.80. The quantitative estimate of drug-likeness (QED) is 0.652. The minimum absolute atomic E-state index is 0.821. The molecule has 3 N–H and O–H groups in total. The molecule has 3 heteroatoms. The lowest BCUT2D eigenvalue weighted by Crippen LogP contribution is -2.83. The summed E-state index contributed by atoms with van der Waals surface area (Å²) < 4.78 is 0. The normalized spacial score (nSPS) is 10.8. The Morgan fingerprint density at radius 3 is 2.55 bits per heavy atom. The van der Waals surface area contributed by atoms with Crippen molar-refractivity contribution in [2.75, 3.05) is 6.54 Å². The van der Waals surface area contributed by atoms with Gasteiger partial charge in [-0.15, -0.1) is 0 Å². The Kier molecular flexibility index (Phi) is 4.94. The van der Waals surface area contributed by atoms with E-state index in [1.54, 1.807) is 0 Å². The molecule has 0 aliphatic carbocycles. The molecule has 0 amide bonds. The second kappa shape index (κ2) is 7.30. The van der Waals surface area contributed by atoms with E-state index in [0.717, 1.165) is 35.7 Å². The molecule has 0 saturated carbocycles. The molecule has 0 spiro atoms. The maximum atomic E-state index is 6.44. The molecule has 3 rings (SSSR count). The van der Waals surface area contributed by atoms with Gasteiger partial charge in [0.25, 0.3) is 0 Å². The van der Waals surface area contributed by atoms with E-state index in [4.69, 9.17) is 11.6 Å². The largest absolute Gasteiger partial charge is 0.365 e. The Hall–Kier alpha value is -2.03. The fourth-order valence-corrected chi connectivity index (χ4v) is 2.90. The van der Waals surface area contributed by atoms with Crippen LogP contribution in [0.1, 0.15) is 11.3 Å². The summed E-state index contributed by atoms with van der Waals surface area (Å²) in [6.07, 6.45) is 3.03. The van der Waals surface area contributed by atoms with Gasteiger partial charge in [0, 0.05) is 34.5 Å². The molecule has 112 valence electrons. The van der Waals surface area contributed by atoms with Crippen molar-refractivity contribution in [3.8, 4) is 11.1 Å². The zero-order valence-electron chi connectivity index (χ0n) is 12.4. The first-order chi connectivity index (χ1) is 10.8. The number of nitrogens with one attached hydrogen (secondary N) is 1. The van der Waals surface area contributed by atoms with Crippen molar-refractivity contribution in [1.82, 2.24) is 4.98 Å². The number of nitrogens with two attached hydrogens (primary N) is 1. The fraction of sp³-hybridized carbons (Fsp3) is 0.158. The molecule has 2 aromatic carbocycles. The molecule has 2 nitrogen and oxygen atoms in total. The van der Waals surface area contributed by atoms with E-state index in [1.165, 1.54) is 11.3 Å². The van der Waals surface area contributed by atoms with Gasteiger partial charge in [-0.2, -0.15) is 0 Å². The van der Waals surface area contributed by atoms with Gasteiger partial charge in [0.1, 0.15) is 6.54 Å². The summed E-state index contributed by atoms with van der Waals surface area (Å²) in [4.78, 5) is 3.23. The zero-order chi connectivity index (χ0) is 15.2. The molecule has 0 fully saturated rings. The number of benzene rings is 2. The lowest BCUT2D eigenvalue weighted by Gasteiger charge is -2.07. The maximum absolute atomic E-state index is 6.44. The summed E-state index contributed by atoms with van der Waals surface area (Å²) in [7, 11) is 0. The van der Waals surface area contributed by atoms with E-state index in [2.05, 4.69) is 46.7 Å². The van der Waals surface area contributed by atoms with E-state index < -0.39 is 0 Å². The predicted octanol–water partition coefficient (Wildman–Crippen LogP) is 3.64. The first-order valence-electron chi connectivity index (χ1n) is 7.61. The number of hydrogen-bond donors (Lipinski definition) is 2. The number of halogens is 1. The maximum Gasteiger partial charge on any atom is 0.101 e. The van der Waals surface area contributed by atoms with Crippen LogP contribution in [0.15, 0.2) is 66.9 Å². The third kappa shape index (κ3) is 3.79. The van der Waals surface area contributed by atoms with Gasteiger partial charge in [0.15, 0.2) is 0 Å². The molecule has 0 aliphatic heterocycles. The number of aromatic amines is 1. The Labute approximate surface area is 136 Å². The Morgan fingerprint density at radius 1 is 0.955 bits per heavy atom. The minimum Gasteiger partial charge on any atom is -0.365 e. The van der Waals surface area contributed by atoms with Crippen LogP contribution in [0.3, 0.4) is 0 Å². The summed E-state index contributed by atoms with van der Waals surface area (Å²) >= 11 is 6.44. The van der Waals surface area contributed by atoms with Gasteiger partial charge in [-0.1, -0.05) is 54.1 Å². The van der Waals surface area contributed by atoms with E-state index in [9.17, 15) is 0 Å². The smallest absolute Gasteiger partial charge is 0.101 e. The number of hydrogen-bond acceptors (Lipinski definition) is 0. The summed E-state index contributed by atoms with van der Waals surface area (Å²) in [6.45, 7) is 2.02. The molecule has 1 heterocycles. The average molecular weight is 312 g/mol. The molecule has 0 unspecified atom stereocenters. The Morgan fingerprint density at radius 2 is 1.82 bits per heavy atom. The molecule has 1 aromatic heterocycles. The van der Waals surface area contributed by atoms with E-state index >= 15 is 0 Å². The number of aromatic nitrogens is 1. The molecular formula is C19H20ClN2+. The zero-order valence-corrected chi connectivity index (χ0v) is 13.2. The van der Waals surface area contributed by atoms with Crippen molar-refractivity contribution in [3.63, 3.8) is 0 Å². The SMILES string of the molecule is Clc1cc(C[NH2+]CCc2ccc[nH]2)ccc1-c1ccccc1. The highest BCUT2D eigenvalue weighted by molar-refractivity contribution is 6.33. The van der Waals surface area contributed by atoms with Crippen molar-refractivity contribution in [1.29, 1.82) is 0 Å². The van der Waals surface area contributed by atoms with Crippen molar-refractivity contribution >= 4 is 11.6 Å². The lowest BCUT2D eigenvalue weighted by atomic mass is 10.0. The van der Waals surface area contributed by atoms with Crippen molar-refractivity contribution < 1.29 is 5.32 Å². The molecule has 0 saturated heterocycles. The molecular weight excluding hydrogens is 292 g/mol. The Balaban J connectivity index is 1.58. The molecule has 0 bridgehead atoms. The molecule has 3 aromatic rings. The minimum atomic E-state index is 0.821. The highest BCUT2D eigenvalue weighted by atomic mass is 35.5. The molecule has 22 heavy (non-hydrogen) atoms. The summed E-state index contributed by atoms with van der Waals surface area (Å²) in [5.74, 6) is 0. The van der Waals surface area contributed by atoms with Gasteiger partial charge in [-0.05, 0) is 23.8 Å². The number of quaternary nitrogens is 1. The third-order valence-corrected chi connectivity index (χ3v) is 4.09. The van der Waals surface area contributed by atoms with Gasteiger partial charge in [-0.25, -0.2) is 0 Å². The van der Waals surface area contributed by atoms with Crippen molar-refractivity contribution in [3.05, 3.63) is 83.1 Å². The number of H-pyrrole nitrogens is 1. The Bertz CT molecular complexity index is 706. The topological polar surface area (TPSA) is 32.4 Å². The highest BCUT2D eigenvalue weighted by Gasteiger charge is 2.05. The average Bonchev–Trinajstić information content (AvgIpc) is 3.06. The molecule has 0 radical (unpaired) electrons. The van der Waals surface area contributed by atoms with Gasteiger partial charge in [0.2, 0.25) is 0 Å². The second-order valence-electron chi connectivity index (χ2n) is 5.41. The predicted molar refractivity (Wildman–Crippen MR) is 91.9 cm³/mol. The van der Waals surface area contributed by atoms with Crippen molar-refractivity contribution in [2.24, 2.45) is 0 Å². The van der Waals surface area contributed by atoms with Crippen LogP contribution in [-0.2, 0) is 13.0 Å². The fourth-order valence-electron chi connectivity index (χ4n) is 2.59. The van der Waals surface area contributed by atoms with E-state index in [1.807, 2.05) is 30.5 Å².